The van der Waals surface area contributed by atoms with Crippen LogP contribution in [0.3, 0.4) is 0 Å². The lowest BCUT2D eigenvalue weighted by molar-refractivity contribution is 0.341. The summed E-state index contributed by atoms with van der Waals surface area (Å²) in [5.74, 6) is 0.637. The van der Waals surface area contributed by atoms with Crippen molar-refractivity contribution < 1.29 is 9.13 Å². The van der Waals surface area contributed by atoms with Crippen molar-refractivity contribution in [3.8, 4) is 17.0 Å². The van der Waals surface area contributed by atoms with E-state index in [1.807, 2.05) is 31.2 Å². The fraction of sp³-hybridized carbons (Fsp3) is 0.125. The largest absolute Gasteiger partial charge is 0.494 e. The van der Waals surface area contributed by atoms with E-state index in [9.17, 15) is 4.39 Å². The van der Waals surface area contributed by atoms with Crippen molar-refractivity contribution >= 4 is 10.9 Å². The fourth-order valence-electron chi connectivity index (χ4n) is 2.15. The Bertz CT molecular complexity index is 700. The molecule has 96 valence electrons. The molecule has 0 saturated carbocycles. The fourth-order valence-corrected chi connectivity index (χ4v) is 2.15. The second-order valence-corrected chi connectivity index (χ2v) is 4.37. The Hall–Kier alpha value is -2.29. The van der Waals surface area contributed by atoms with Crippen LogP contribution in [0.15, 0.2) is 48.5 Å². The summed E-state index contributed by atoms with van der Waals surface area (Å²) in [7, 11) is 0. The monoisotopic (exact) mass is 255 g/mol. The first kappa shape index (κ1) is 11.8. The summed E-state index contributed by atoms with van der Waals surface area (Å²) in [6, 6.07) is 14.4. The number of aromatic nitrogens is 1. The lowest BCUT2D eigenvalue weighted by Gasteiger charge is -2.01. The summed E-state index contributed by atoms with van der Waals surface area (Å²) in [6.45, 7) is 2.62. The number of aromatic amines is 1. The third-order valence-electron chi connectivity index (χ3n) is 3.06. The zero-order valence-corrected chi connectivity index (χ0v) is 10.6. The SMILES string of the molecule is CCOc1ccc2[nH]c(-c3ccc(F)cc3)cc2c1. The van der Waals surface area contributed by atoms with Crippen LogP contribution in [0.2, 0.25) is 0 Å². The maximum absolute atomic E-state index is 12.9. The van der Waals surface area contributed by atoms with Gasteiger partial charge in [0.15, 0.2) is 0 Å². The molecule has 2 nitrogen and oxygen atoms in total. The Kier molecular flexibility index (Phi) is 2.95. The van der Waals surface area contributed by atoms with E-state index in [0.29, 0.717) is 6.61 Å². The van der Waals surface area contributed by atoms with Crippen molar-refractivity contribution in [2.45, 2.75) is 6.92 Å². The molecule has 0 spiro atoms. The number of fused-ring (bicyclic) bond motifs is 1. The summed E-state index contributed by atoms with van der Waals surface area (Å²) >= 11 is 0. The van der Waals surface area contributed by atoms with Gasteiger partial charge in [-0.3, -0.25) is 0 Å². The molecule has 0 amide bonds. The van der Waals surface area contributed by atoms with Crippen molar-refractivity contribution in [2.24, 2.45) is 0 Å². The molecule has 2 aromatic carbocycles. The van der Waals surface area contributed by atoms with Crippen LogP contribution >= 0.6 is 0 Å². The summed E-state index contributed by atoms with van der Waals surface area (Å²) < 4.78 is 18.4. The number of hydrogen-bond acceptors (Lipinski definition) is 1. The molecule has 0 radical (unpaired) electrons. The van der Waals surface area contributed by atoms with Gasteiger partial charge in [-0.05, 0) is 61.0 Å². The van der Waals surface area contributed by atoms with E-state index < -0.39 is 0 Å². The number of benzene rings is 2. The van der Waals surface area contributed by atoms with Gasteiger partial charge in [-0.1, -0.05) is 0 Å². The molecule has 19 heavy (non-hydrogen) atoms. The van der Waals surface area contributed by atoms with E-state index in [1.165, 1.54) is 12.1 Å². The minimum Gasteiger partial charge on any atom is -0.494 e. The lowest BCUT2D eigenvalue weighted by Crippen LogP contribution is -1.90. The Balaban J connectivity index is 2.03. The molecule has 3 heteroatoms. The molecule has 3 aromatic rings. The minimum absolute atomic E-state index is 0.224. The third-order valence-corrected chi connectivity index (χ3v) is 3.06. The van der Waals surface area contributed by atoms with Crippen LogP contribution in [-0.2, 0) is 0 Å². The van der Waals surface area contributed by atoms with Gasteiger partial charge in [0, 0.05) is 16.6 Å². The molecular formula is C16H14FNO. The molecule has 0 fully saturated rings. The second kappa shape index (κ2) is 4.76. The average molecular weight is 255 g/mol. The molecule has 3 rings (SSSR count). The Morgan fingerprint density at radius 2 is 1.84 bits per heavy atom. The first-order valence-corrected chi connectivity index (χ1v) is 6.28. The number of hydrogen-bond donors (Lipinski definition) is 1. The van der Waals surface area contributed by atoms with Crippen LogP contribution in [0.5, 0.6) is 5.75 Å². The summed E-state index contributed by atoms with van der Waals surface area (Å²) in [4.78, 5) is 3.32. The van der Waals surface area contributed by atoms with Crippen molar-refractivity contribution in [1.29, 1.82) is 0 Å². The predicted molar refractivity (Wildman–Crippen MR) is 74.9 cm³/mol. The van der Waals surface area contributed by atoms with E-state index in [4.69, 9.17) is 4.74 Å². The van der Waals surface area contributed by atoms with Crippen molar-refractivity contribution in [1.82, 2.24) is 4.98 Å². The van der Waals surface area contributed by atoms with Gasteiger partial charge in [0.05, 0.1) is 6.61 Å². The quantitative estimate of drug-likeness (QED) is 0.738. The van der Waals surface area contributed by atoms with Crippen LogP contribution in [-0.4, -0.2) is 11.6 Å². The first-order valence-electron chi connectivity index (χ1n) is 6.28. The van der Waals surface area contributed by atoms with Gasteiger partial charge in [0.25, 0.3) is 0 Å². The van der Waals surface area contributed by atoms with E-state index >= 15 is 0 Å². The van der Waals surface area contributed by atoms with Crippen molar-refractivity contribution in [2.75, 3.05) is 6.61 Å². The Morgan fingerprint density at radius 3 is 2.58 bits per heavy atom. The highest BCUT2D eigenvalue weighted by atomic mass is 19.1. The van der Waals surface area contributed by atoms with Crippen LogP contribution in [0, 0.1) is 5.82 Å². The molecule has 0 aliphatic heterocycles. The standard InChI is InChI=1S/C16H14FNO/c1-2-19-14-7-8-15-12(9-14)10-16(18-15)11-3-5-13(17)6-4-11/h3-10,18H,2H2,1H3. The molecule has 0 bridgehead atoms. The maximum atomic E-state index is 12.9. The zero-order valence-electron chi connectivity index (χ0n) is 10.6. The van der Waals surface area contributed by atoms with Crippen LogP contribution in [0.4, 0.5) is 4.39 Å². The van der Waals surface area contributed by atoms with Crippen LogP contribution in [0.25, 0.3) is 22.2 Å². The van der Waals surface area contributed by atoms with E-state index in [0.717, 1.165) is 27.9 Å². The molecule has 0 atom stereocenters. The van der Waals surface area contributed by atoms with Gasteiger partial charge in [-0.15, -0.1) is 0 Å². The van der Waals surface area contributed by atoms with Gasteiger partial charge >= 0.3 is 0 Å². The van der Waals surface area contributed by atoms with Gasteiger partial charge in [-0.2, -0.15) is 0 Å². The predicted octanol–water partition coefficient (Wildman–Crippen LogP) is 4.37. The maximum Gasteiger partial charge on any atom is 0.123 e. The van der Waals surface area contributed by atoms with Crippen molar-refractivity contribution in [3.63, 3.8) is 0 Å². The summed E-state index contributed by atoms with van der Waals surface area (Å²) in [5, 5.41) is 1.09. The molecular weight excluding hydrogens is 241 g/mol. The molecule has 1 N–H and O–H groups in total. The number of halogens is 1. The second-order valence-electron chi connectivity index (χ2n) is 4.37. The van der Waals surface area contributed by atoms with Crippen LogP contribution in [0.1, 0.15) is 6.92 Å². The lowest BCUT2D eigenvalue weighted by atomic mass is 10.1. The minimum atomic E-state index is -0.224. The van der Waals surface area contributed by atoms with Gasteiger partial charge in [0.1, 0.15) is 11.6 Å². The third kappa shape index (κ3) is 2.32. The molecule has 1 heterocycles. The summed E-state index contributed by atoms with van der Waals surface area (Å²) in [6.07, 6.45) is 0. The molecule has 1 aromatic heterocycles. The molecule has 0 aliphatic rings. The number of ether oxygens (including phenoxy) is 1. The molecule has 0 aliphatic carbocycles. The zero-order chi connectivity index (χ0) is 13.2. The van der Waals surface area contributed by atoms with Crippen LogP contribution < -0.4 is 4.74 Å². The van der Waals surface area contributed by atoms with Crippen molar-refractivity contribution in [3.05, 3.63) is 54.3 Å². The Morgan fingerprint density at radius 1 is 1.05 bits per heavy atom. The smallest absolute Gasteiger partial charge is 0.123 e. The number of rotatable bonds is 3. The highest BCUT2D eigenvalue weighted by Crippen LogP contribution is 2.27. The highest BCUT2D eigenvalue weighted by molar-refractivity contribution is 5.86. The van der Waals surface area contributed by atoms with Gasteiger partial charge in [0.2, 0.25) is 0 Å². The molecule has 0 unspecified atom stereocenters. The normalized spacial score (nSPS) is 10.8. The van der Waals surface area contributed by atoms with Gasteiger partial charge in [-0.25, -0.2) is 4.39 Å². The van der Waals surface area contributed by atoms with Gasteiger partial charge < -0.3 is 9.72 Å². The Labute approximate surface area is 110 Å². The highest BCUT2D eigenvalue weighted by Gasteiger charge is 2.04. The summed E-state index contributed by atoms with van der Waals surface area (Å²) in [5.41, 5.74) is 2.99. The number of H-pyrrole nitrogens is 1. The number of nitrogens with one attached hydrogen (secondary N) is 1. The van der Waals surface area contributed by atoms with E-state index in [-0.39, 0.29) is 5.82 Å². The molecule has 0 saturated heterocycles. The topological polar surface area (TPSA) is 25.0 Å². The first-order chi connectivity index (χ1) is 9.26. The van der Waals surface area contributed by atoms with E-state index in [1.54, 1.807) is 12.1 Å². The van der Waals surface area contributed by atoms with E-state index in [2.05, 4.69) is 4.98 Å². The average Bonchev–Trinajstić information content (AvgIpc) is 2.83.